The minimum Gasteiger partial charge on any atom is -0.364 e. The Bertz CT molecular complexity index is 979. The molecule has 1 aliphatic carbocycles. The highest BCUT2D eigenvalue weighted by atomic mass is 79.9. The Kier molecular flexibility index (Phi) is 5.09. The first kappa shape index (κ1) is 19.3. The van der Waals surface area contributed by atoms with Crippen LogP contribution in [0, 0.1) is 0 Å². The van der Waals surface area contributed by atoms with E-state index >= 15 is 4.39 Å². The highest BCUT2D eigenvalue weighted by Crippen LogP contribution is 2.45. The molecule has 3 atom stereocenters. The summed E-state index contributed by atoms with van der Waals surface area (Å²) in [4.78, 5) is 8.49. The predicted molar refractivity (Wildman–Crippen MR) is 112 cm³/mol. The normalized spacial score (nSPS) is 28.4. The number of ether oxygens (including phenoxy) is 1. The van der Waals surface area contributed by atoms with Gasteiger partial charge in [0.05, 0.1) is 24.8 Å². The average molecular weight is 464 g/mol. The number of aromatic nitrogens is 1. The molecule has 0 bridgehead atoms. The van der Waals surface area contributed by atoms with Crippen LogP contribution in [0.25, 0.3) is 0 Å². The number of halogens is 3. The van der Waals surface area contributed by atoms with E-state index in [1.54, 1.807) is 24.4 Å². The van der Waals surface area contributed by atoms with Gasteiger partial charge in [-0.3, -0.25) is 5.73 Å². The lowest BCUT2D eigenvalue weighted by atomic mass is 9.83. The van der Waals surface area contributed by atoms with Gasteiger partial charge in [0.1, 0.15) is 11.3 Å². The summed E-state index contributed by atoms with van der Waals surface area (Å²) in [6.07, 6.45) is 6.76. The number of rotatable bonds is 4. The second-order valence-corrected chi connectivity index (χ2v) is 8.16. The van der Waals surface area contributed by atoms with Gasteiger partial charge in [-0.25, -0.2) is 14.4 Å². The molecule has 8 heteroatoms. The summed E-state index contributed by atoms with van der Waals surface area (Å²) in [7, 11) is 0. The highest BCUT2D eigenvalue weighted by molar-refractivity contribution is 9.10. The van der Waals surface area contributed by atoms with Crippen LogP contribution in [0.15, 0.2) is 71.4 Å². The molecule has 28 heavy (non-hydrogen) atoms. The molecule has 1 aliphatic heterocycles. The maximum absolute atomic E-state index is 15.4. The van der Waals surface area contributed by atoms with Crippen LogP contribution in [0.3, 0.4) is 0 Å². The number of allylic oxidation sites excluding steroid dienone is 2. The molecule has 2 aliphatic rings. The molecule has 3 N–H and O–H groups in total. The molecule has 3 unspecified atom stereocenters. The summed E-state index contributed by atoms with van der Waals surface area (Å²) >= 11 is 9.22. The molecule has 0 fully saturated rings. The molecule has 0 spiro atoms. The van der Waals surface area contributed by atoms with Crippen molar-refractivity contribution in [3.8, 4) is 0 Å². The molecule has 0 saturated carbocycles. The van der Waals surface area contributed by atoms with Crippen LogP contribution >= 0.6 is 27.5 Å². The molecule has 144 valence electrons. The third-order valence-electron chi connectivity index (χ3n) is 4.70. The topological polar surface area (TPSA) is 72.5 Å². The third kappa shape index (κ3) is 3.51. The fraction of sp³-hybridized carbons (Fsp3) is 0.200. The van der Waals surface area contributed by atoms with E-state index in [1.807, 2.05) is 30.3 Å². The third-order valence-corrected chi connectivity index (χ3v) is 5.58. The fourth-order valence-electron chi connectivity index (χ4n) is 3.31. The van der Waals surface area contributed by atoms with Crippen molar-refractivity contribution >= 4 is 39.6 Å². The molecule has 1 aromatic carbocycles. The molecule has 1 aromatic heterocycles. The van der Waals surface area contributed by atoms with E-state index in [9.17, 15) is 0 Å². The molecule has 2 aromatic rings. The number of fused-ring (bicyclic) bond motifs is 1. The van der Waals surface area contributed by atoms with Crippen LogP contribution in [0.1, 0.15) is 11.1 Å². The number of alkyl halides is 2. The number of benzene rings is 1. The summed E-state index contributed by atoms with van der Waals surface area (Å²) in [6.45, 7) is 0.218. The van der Waals surface area contributed by atoms with Crippen LogP contribution in [0.5, 0.6) is 0 Å². The van der Waals surface area contributed by atoms with Crippen LogP contribution in [0.2, 0.25) is 5.15 Å². The largest absolute Gasteiger partial charge is 0.364 e. The smallest absolute Gasteiger partial charge is 0.213 e. The Hall–Kier alpha value is -2.06. The molecule has 0 amide bonds. The van der Waals surface area contributed by atoms with Crippen molar-refractivity contribution in [2.45, 2.75) is 23.0 Å². The summed E-state index contributed by atoms with van der Waals surface area (Å²) in [5, 5.41) is 3.26. The predicted octanol–water partition coefficient (Wildman–Crippen LogP) is 4.44. The number of anilines is 1. The highest BCUT2D eigenvalue weighted by Gasteiger charge is 2.48. The standard InChI is InChI=1S/C20H17BrClFN4O/c21-19(23)8-4-7-14(18(19)28-11-13-5-2-1-3-6-13)20(24)15-9-17(22)25-10-16(15)26-12-27-20/h1-10,12,18H,11,24H2,(H,26,27). The number of nitrogens with one attached hydrogen (secondary N) is 1. The van der Waals surface area contributed by atoms with Crippen LogP contribution in [-0.2, 0) is 17.0 Å². The minimum atomic E-state index is -1.93. The SMILES string of the molecule is NC1(C2=CC=CC(F)(Br)C2OCc2ccccc2)N=CNc2cnc(Cl)cc21. The second-order valence-electron chi connectivity index (χ2n) is 6.55. The molecular formula is C20H17BrClFN4O. The van der Waals surface area contributed by atoms with Gasteiger partial charge in [-0.1, -0.05) is 54.1 Å². The molecular weight excluding hydrogens is 447 g/mol. The van der Waals surface area contributed by atoms with E-state index in [0.717, 1.165) is 5.56 Å². The quantitative estimate of drug-likeness (QED) is 0.519. The maximum Gasteiger partial charge on any atom is 0.213 e. The zero-order valence-corrected chi connectivity index (χ0v) is 17.0. The molecule has 0 radical (unpaired) electrons. The Morgan fingerprint density at radius 1 is 1.32 bits per heavy atom. The van der Waals surface area contributed by atoms with Crippen molar-refractivity contribution in [3.63, 3.8) is 0 Å². The zero-order chi connectivity index (χ0) is 19.8. The van der Waals surface area contributed by atoms with Gasteiger partial charge < -0.3 is 10.1 Å². The first-order chi connectivity index (χ1) is 13.4. The van der Waals surface area contributed by atoms with Gasteiger partial charge in [0.2, 0.25) is 4.58 Å². The van der Waals surface area contributed by atoms with Crippen molar-refractivity contribution in [1.82, 2.24) is 4.98 Å². The first-order valence-corrected chi connectivity index (χ1v) is 9.75. The lowest BCUT2D eigenvalue weighted by Gasteiger charge is -2.40. The van der Waals surface area contributed by atoms with E-state index in [4.69, 9.17) is 22.1 Å². The molecule has 2 heterocycles. The number of hydrogen-bond acceptors (Lipinski definition) is 5. The maximum atomic E-state index is 15.4. The molecule has 5 nitrogen and oxygen atoms in total. The Balaban J connectivity index is 1.73. The number of pyridine rings is 1. The van der Waals surface area contributed by atoms with E-state index in [2.05, 4.69) is 31.2 Å². The van der Waals surface area contributed by atoms with Crippen LogP contribution in [0.4, 0.5) is 10.1 Å². The van der Waals surface area contributed by atoms with E-state index in [0.29, 0.717) is 16.8 Å². The fourth-order valence-corrected chi connectivity index (χ4v) is 4.00. The van der Waals surface area contributed by atoms with Gasteiger partial charge in [0, 0.05) is 11.1 Å². The summed E-state index contributed by atoms with van der Waals surface area (Å²) in [5.41, 5.74) is 7.97. The summed E-state index contributed by atoms with van der Waals surface area (Å²) in [6, 6.07) is 11.2. The number of aliphatic imine (C=N–C) groups is 1. The van der Waals surface area contributed by atoms with Gasteiger partial charge in [0.25, 0.3) is 0 Å². The van der Waals surface area contributed by atoms with Gasteiger partial charge in [-0.2, -0.15) is 0 Å². The van der Waals surface area contributed by atoms with Crippen LogP contribution in [-0.4, -0.2) is 22.0 Å². The van der Waals surface area contributed by atoms with Crippen molar-refractivity contribution < 1.29 is 9.13 Å². The van der Waals surface area contributed by atoms with E-state index < -0.39 is 16.3 Å². The monoisotopic (exact) mass is 462 g/mol. The number of nitrogens with two attached hydrogens (primary N) is 1. The van der Waals surface area contributed by atoms with Gasteiger partial charge >= 0.3 is 0 Å². The zero-order valence-electron chi connectivity index (χ0n) is 14.6. The number of hydrogen-bond donors (Lipinski definition) is 2. The average Bonchev–Trinajstić information content (AvgIpc) is 2.68. The van der Waals surface area contributed by atoms with Crippen molar-refractivity contribution in [2.24, 2.45) is 10.7 Å². The van der Waals surface area contributed by atoms with Crippen LogP contribution < -0.4 is 11.1 Å². The Morgan fingerprint density at radius 2 is 2.11 bits per heavy atom. The Labute approximate surface area is 175 Å². The lowest BCUT2D eigenvalue weighted by Crippen LogP contribution is -2.49. The van der Waals surface area contributed by atoms with Crippen molar-refractivity contribution in [1.29, 1.82) is 0 Å². The second kappa shape index (κ2) is 7.40. The summed E-state index contributed by atoms with van der Waals surface area (Å²) < 4.78 is 19.4. The number of nitrogens with zero attached hydrogens (tertiary/aromatic N) is 2. The minimum absolute atomic E-state index is 0.218. The summed E-state index contributed by atoms with van der Waals surface area (Å²) in [5.74, 6) is 0. The van der Waals surface area contributed by atoms with Gasteiger partial charge in [-0.15, -0.1) is 0 Å². The molecule has 4 rings (SSSR count). The van der Waals surface area contributed by atoms with Gasteiger partial charge in [-0.05, 0) is 33.6 Å². The van der Waals surface area contributed by atoms with Crippen molar-refractivity contribution in [2.75, 3.05) is 5.32 Å². The van der Waals surface area contributed by atoms with Crippen molar-refractivity contribution in [3.05, 3.63) is 82.7 Å². The van der Waals surface area contributed by atoms with Gasteiger partial charge in [0.15, 0.2) is 5.66 Å². The van der Waals surface area contributed by atoms with E-state index in [-0.39, 0.29) is 11.8 Å². The Morgan fingerprint density at radius 3 is 2.89 bits per heavy atom. The molecule has 0 saturated heterocycles. The first-order valence-electron chi connectivity index (χ1n) is 8.58. The lowest BCUT2D eigenvalue weighted by molar-refractivity contribution is 0.00692. The van der Waals surface area contributed by atoms with E-state index in [1.165, 1.54) is 12.4 Å².